The van der Waals surface area contributed by atoms with Crippen molar-refractivity contribution in [2.75, 3.05) is 5.32 Å². The molecular formula is C16H19F2NO. The fourth-order valence-electron chi connectivity index (χ4n) is 2.65. The molecule has 0 bridgehead atoms. The molecule has 0 spiro atoms. The summed E-state index contributed by atoms with van der Waals surface area (Å²) in [5.41, 5.74) is 1.05. The third-order valence-corrected chi connectivity index (χ3v) is 3.90. The lowest BCUT2D eigenvalue weighted by Crippen LogP contribution is -2.17. The molecule has 0 radical (unpaired) electrons. The fourth-order valence-corrected chi connectivity index (χ4v) is 2.65. The minimum atomic E-state index is -0.754. The van der Waals surface area contributed by atoms with E-state index >= 15 is 0 Å². The van der Waals surface area contributed by atoms with Crippen molar-refractivity contribution in [2.24, 2.45) is 17.3 Å². The molecule has 0 saturated heterocycles. The normalized spacial score (nSPS) is 23.1. The van der Waals surface area contributed by atoms with E-state index in [4.69, 9.17) is 0 Å². The fraction of sp³-hybridized carbons (Fsp3) is 0.438. The van der Waals surface area contributed by atoms with Gasteiger partial charge >= 0.3 is 0 Å². The van der Waals surface area contributed by atoms with Gasteiger partial charge in [0.25, 0.3) is 0 Å². The van der Waals surface area contributed by atoms with Crippen LogP contribution in [-0.4, -0.2) is 5.91 Å². The van der Waals surface area contributed by atoms with Crippen molar-refractivity contribution < 1.29 is 13.6 Å². The molecule has 2 rings (SSSR count). The molecule has 1 aliphatic carbocycles. The molecule has 2 atom stereocenters. The molecule has 1 N–H and O–H groups in total. The number of benzene rings is 1. The Hall–Kier alpha value is -1.71. The van der Waals surface area contributed by atoms with Crippen molar-refractivity contribution in [1.82, 2.24) is 0 Å². The first-order chi connectivity index (χ1) is 9.23. The predicted molar refractivity (Wildman–Crippen MR) is 75.2 cm³/mol. The third kappa shape index (κ3) is 2.74. The molecule has 4 heteroatoms. The average Bonchev–Trinajstić information content (AvgIpc) is 2.83. The van der Waals surface area contributed by atoms with Crippen molar-refractivity contribution in [2.45, 2.75) is 27.7 Å². The number of rotatable bonds is 3. The maximum Gasteiger partial charge on any atom is 0.228 e. The van der Waals surface area contributed by atoms with E-state index in [0.717, 1.165) is 17.7 Å². The van der Waals surface area contributed by atoms with Gasteiger partial charge in [0.15, 0.2) is 0 Å². The number of anilines is 1. The van der Waals surface area contributed by atoms with E-state index in [-0.39, 0.29) is 28.8 Å². The molecule has 0 heterocycles. The number of carbonyl (C=O) groups excluding carboxylic acids is 1. The lowest BCUT2D eigenvalue weighted by atomic mass is 10.1. The zero-order chi connectivity index (χ0) is 15.1. The first kappa shape index (κ1) is 14.7. The van der Waals surface area contributed by atoms with Gasteiger partial charge in [-0.05, 0) is 37.3 Å². The van der Waals surface area contributed by atoms with Gasteiger partial charge in [-0.3, -0.25) is 4.79 Å². The van der Waals surface area contributed by atoms with Crippen molar-refractivity contribution in [1.29, 1.82) is 0 Å². The Labute approximate surface area is 117 Å². The third-order valence-electron chi connectivity index (χ3n) is 3.90. The topological polar surface area (TPSA) is 29.1 Å². The van der Waals surface area contributed by atoms with E-state index in [9.17, 15) is 13.6 Å². The molecule has 0 aliphatic heterocycles. The van der Waals surface area contributed by atoms with Gasteiger partial charge in [0.05, 0.1) is 11.6 Å². The molecule has 1 aliphatic rings. The van der Waals surface area contributed by atoms with Crippen molar-refractivity contribution in [3.05, 3.63) is 41.5 Å². The number of allylic oxidation sites excluding steroid dienone is 2. The Morgan fingerprint density at radius 2 is 1.95 bits per heavy atom. The predicted octanol–water partition coefficient (Wildman–Crippen LogP) is 4.14. The van der Waals surface area contributed by atoms with E-state index in [1.54, 1.807) is 0 Å². The summed E-state index contributed by atoms with van der Waals surface area (Å²) in [5, 5.41) is 2.55. The highest BCUT2D eigenvalue weighted by Crippen LogP contribution is 2.59. The highest BCUT2D eigenvalue weighted by atomic mass is 19.1. The maximum absolute atomic E-state index is 13.5. The van der Waals surface area contributed by atoms with Gasteiger partial charge < -0.3 is 5.32 Å². The zero-order valence-corrected chi connectivity index (χ0v) is 12.1. The Morgan fingerprint density at radius 3 is 2.50 bits per heavy atom. The van der Waals surface area contributed by atoms with E-state index < -0.39 is 11.6 Å². The van der Waals surface area contributed by atoms with Crippen LogP contribution in [0, 0.1) is 28.9 Å². The summed E-state index contributed by atoms with van der Waals surface area (Å²) in [5.74, 6) is -1.65. The van der Waals surface area contributed by atoms with Crippen molar-refractivity contribution in [3.63, 3.8) is 0 Å². The Kier molecular flexibility index (Phi) is 3.67. The number of halogens is 2. The lowest BCUT2D eigenvalue weighted by molar-refractivity contribution is -0.118. The standard InChI is InChI=1S/C16H19F2NO/c1-9(2)7-11-14(16(11,3)4)15(20)19-13-6-5-10(17)8-12(13)18/h5-8,11,14H,1-4H3,(H,19,20)/t11-,14-/m1/s1. The smallest absolute Gasteiger partial charge is 0.228 e. The van der Waals surface area contributed by atoms with Gasteiger partial charge in [-0.2, -0.15) is 0 Å². The summed E-state index contributed by atoms with van der Waals surface area (Å²) in [6.45, 7) is 8.01. The first-order valence-corrected chi connectivity index (χ1v) is 6.64. The summed E-state index contributed by atoms with van der Waals surface area (Å²) in [7, 11) is 0. The second-order valence-electron chi connectivity index (χ2n) is 6.18. The van der Waals surface area contributed by atoms with Crippen LogP contribution in [0.3, 0.4) is 0 Å². The largest absolute Gasteiger partial charge is 0.323 e. The Morgan fingerprint density at radius 1 is 1.30 bits per heavy atom. The van der Waals surface area contributed by atoms with Gasteiger partial charge in [-0.25, -0.2) is 8.78 Å². The molecule has 1 aromatic rings. The summed E-state index contributed by atoms with van der Waals surface area (Å²) < 4.78 is 26.4. The van der Waals surface area contributed by atoms with Crippen LogP contribution in [0.25, 0.3) is 0 Å². The van der Waals surface area contributed by atoms with E-state index in [1.165, 1.54) is 6.07 Å². The maximum atomic E-state index is 13.5. The van der Waals surface area contributed by atoms with Crippen LogP contribution in [0.4, 0.5) is 14.5 Å². The van der Waals surface area contributed by atoms with Crippen LogP contribution in [0.2, 0.25) is 0 Å². The van der Waals surface area contributed by atoms with E-state index in [0.29, 0.717) is 0 Å². The highest BCUT2D eigenvalue weighted by Gasteiger charge is 2.60. The zero-order valence-electron chi connectivity index (χ0n) is 12.1. The molecule has 1 amide bonds. The number of hydrogen-bond acceptors (Lipinski definition) is 1. The molecule has 0 aromatic heterocycles. The Bertz CT molecular complexity index is 574. The minimum Gasteiger partial charge on any atom is -0.323 e. The number of hydrogen-bond donors (Lipinski definition) is 1. The quantitative estimate of drug-likeness (QED) is 0.828. The van der Waals surface area contributed by atoms with Crippen LogP contribution in [0.1, 0.15) is 27.7 Å². The van der Waals surface area contributed by atoms with Gasteiger partial charge in [0.2, 0.25) is 5.91 Å². The second-order valence-corrected chi connectivity index (χ2v) is 6.18. The van der Waals surface area contributed by atoms with E-state index in [1.807, 2.05) is 27.7 Å². The minimum absolute atomic E-state index is 0.0232. The number of carbonyl (C=O) groups is 1. The summed E-state index contributed by atoms with van der Waals surface area (Å²) in [6.07, 6.45) is 2.07. The molecule has 2 nitrogen and oxygen atoms in total. The number of amides is 1. The van der Waals surface area contributed by atoms with Gasteiger partial charge in [-0.1, -0.05) is 25.5 Å². The van der Waals surface area contributed by atoms with Crippen LogP contribution >= 0.6 is 0 Å². The molecule has 1 saturated carbocycles. The molecular weight excluding hydrogens is 260 g/mol. The van der Waals surface area contributed by atoms with Crippen molar-refractivity contribution >= 4 is 11.6 Å². The van der Waals surface area contributed by atoms with Crippen LogP contribution in [-0.2, 0) is 4.79 Å². The molecule has 1 fully saturated rings. The Balaban J connectivity index is 2.12. The molecule has 20 heavy (non-hydrogen) atoms. The molecule has 0 unspecified atom stereocenters. The van der Waals surface area contributed by atoms with E-state index in [2.05, 4.69) is 11.4 Å². The van der Waals surface area contributed by atoms with Crippen molar-refractivity contribution in [3.8, 4) is 0 Å². The monoisotopic (exact) mass is 279 g/mol. The SMILES string of the molecule is CC(C)=C[C@@H]1[C@H](C(=O)Nc2ccc(F)cc2F)C1(C)C. The van der Waals surface area contributed by atoms with Crippen LogP contribution in [0.5, 0.6) is 0 Å². The van der Waals surface area contributed by atoms with Crippen LogP contribution in [0.15, 0.2) is 29.8 Å². The summed E-state index contributed by atoms with van der Waals surface area (Å²) in [4.78, 5) is 12.2. The van der Waals surface area contributed by atoms with Gasteiger partial charge in [0.1, 0.15) is 11.6 Å². The van der Waals surface area contributed by atoms with Gasteiger partial charge in [0, 0.05) is 6.07 Å². The summed E-state index contributed by atoms with van der Waals surface area (Å²) >= 11 is 0. The van der Waals surface area contributed by atoms with Crippen LogP contribution < -0.4 is 5.32 Å². The number of nitrogens with one attached hydrogen (secondary N) is 1. The highest BCUT2D eigenvalue weighted by molar-refractivity contribution is 5.95. The molecule has 108 valence electrons. The second kappa shape index (κ2) is 5.00. The molecule has 1 aromatic carbocycles. The average molecular weight is 279 g/mol. The lowest BCUT2D eigenvalue weighted by Gasteiger charge is -2.07. The summed E-state index contributed by atoms with van der Waals surface area (Å²) in [6, 6.07) is 3.14. The van der Waals surface area contributed by atoms with Gasteiger partial charge in [-0.15, -0.1) is 0 Å². The first-order valence-electron chi connectivity index (χ1n) is 6.64.